The van der Waals surface area contributed by atoms with Gasteiger partial charge in [0.2, 0.25) is 0 Å². The van der Waals surface area contributed by atoms with Crippen molar-refractivity contribution in [2.45, 2.75) is 38.5 Å². The highest BCUT2D eigenvalue weighted by molar-refractivity contribution is 5.07. The van der Waals surface area contributed by atoms with Gasteiger partial charge in [-0.2, -0.15) is 0 Å². The van der Waals surface area contributed by atoms with Gasteiger partial charge in [-0.3, -0.25) is 0 Å². The van der Waals surface area contributed by atoms with Crippen LogP contribution in [0.5, 0.6) is 0 Å². The third kappa shape index (κ3) is 5.00. The predicted molar refractivity (Wildman–Crippen MR) is 58.8 cm³/mol. The van der Waals surface area contributed by atoms with Crippen LogP contribution in [0.25, 0.3) is 0 Å². The number of hydrogen-bond donors (Lipinski definition) is 2. The molecule has 0 aliphatic carbocycles. The second-order valence-electron chi connectivity index (χ2n) is 3.73. The lowest BCUT2D eigenvalue weighted by Gasteiger charge is -1.97. The van der Waals surface area contributed by atoms with Gasteiger partial charge in [0.15, 0.2) is 0 Å². The fraction of sp³-hybridized carbons (Fsp3) is 0.667. The minimum Gasteiger partial charge on any atom is -0.466 e. The van der Waals surface area contributed by atoms with Crippen LogP contribution in [-0.2, 0) is 12.8 Å². The average Bonchev–Trinajstić information content (AvgIpc) is 2.67. The van der Waals surface area contributed by atoms with Gasteiger partial charge < -0.3 is 14.6 Å². The van der Waals surface area contributed by atoms with Gasteiger partial charge in [-0.15, -0.1) is 0 Å². The van der Waals surface area contributed by atoms with Crippen molar-refractivity contribution < 1.29 is 14.6 Å². The Morgan fingerprint density at radius 2 is 1.27 bits per heavy atom. The molecule has 0 atom stereocenters. The number of unbranched alkanes of at least 4 members (excludes halogenated alkanes) is 2. The average molecular weight is 212 g/mol. The third-order valence-corrected chi connectivity index (χ3v) is 2.38. The van der Waals surface area contributed by atoms with E-state index >= 15 is 0 Å². The molecule has 0 spiro atoms. The van der Waals surface area contributed by atoms with Crippen LogP contribution in [-0.4, -0.2) is 23.4 Å². The van der Waals surface area contributed by atoms with E-state index in [2.05, 4.69) is 0 Å². The molecule has 1 heterocycles. The molecule has 0 fully saturated rings. The van der Waals surface area contributed by atoms with Crippen molar-refractivity contribution in [3.05, 3.63) is 23.7 Å². The normalized spacial score (nSPS) is 10.8. The number of rotatable bonds is 8. The van der Waals surface area contributed by atoms with E-state index in [1.807, 2.05) is 12.1 Å². The van der Waals surface area contributed by atoms with Gasteiger partial charge in [0.25, 0.3) is 0 Å². The first-order chi connectivity index (χ1) is 7.36. The predicted octanol–water partition coefficient (Wildman–Crippen LogP) is 1.91. The molecule has 3 heteroatoms. The second-order valence-corrected chi connectivity index (χ2v) is 3.73. The molecule has 0 aromatic carbocycles. The summed E-state index contributed by atoms with van der Waals surface area (Å²) in [7, 11) is 0. The zero-order valence-electron chi connectivity index (χ0n) is 9.11. The summed E-state index contributed by atoms with van der Waals surface area (Å²) < 4.78 is 5.61. The number of furan rings is 1. The molecule has 86 valence electrons. The van der Waals surface area contributed by atoms with E-state index in [4.69, 9.17) is 14.6 Å². The molecular formula is C12H20O3. The lowest BCUT2D eigenvalue weighted by molar-refractivity contribution is 0.281. The lowest BCUT2D eigenvalue weighted by Crippen LogP contribution is -1.87. The summed E-state index contributed by atoms with van der Waals surface area (Å²) in [6.07, 6.45) is 5.42. The maximum Gasteiger partial charge on any atom is 0.104 e. The first kappa shape index (κ1) is 12.3. The Labute approximate surface area is 90.7 Å². The van der Waals surface area contributed by atoms with Crippen LogP contribution in [0, 0.1) is 0 Å². The highest BCUT2D eigenvalue weighted by Crippen LogP contribution is 2.13. The van der Waals surface area contributed by atoms with E-state index < -0.39 is 0 Å². The van der Waals surface area contributed by atoms with Crippen molar-refractivity contribution in [1.82, 2.24) is 0 Å². The third-order valence-electron chi connectivity index (χ3n) is 2.38. The van der Waals surface area contributed by atoms with Crippen molar-refractivity contribution >= 4 is 0 Å². The minimum absolute atomic E-state index is 0.254. The lowest BCUT2D eigenvalue weighted by atomic mass is 10.2. The van der Waals surface area contributed by atoms with Crippen LogP contribution < -0.4 is 0 Å². The quantitative estimate of drug-likeness (QED) is 0.647. The molecule has 0 bridgehead atoms. The van der Waals surface area contributed by atoms with Crippen molar-refractivity contribution in [2.24, 2.45) is 0 Å². The number of aryl methyl sites for hydroxylation is 2. The fourth-order valence-corrected chi connectivity index (χ4v) is 1.51. The SMILES string of the molecule is OCCCCc1ccc(CCCCO)o1. The van der Waals surface area contributed by atoms with E-state index in [0.717, 1.165) is 50.0 Å². The fourth-order valence-electron chi connectivity index (χ4n) is 1.51. The molecule has 2 N–H and O–H groups in total. The van der Waals surface area contributed by atoms with Crippen molar-refractivity contribution in [1.29, 1.82) is 0 Å². The molecule has 0 unspecified atom stereocenters. The van der Waals surface area contributed by atoms with E-state index in [0.29, 0.717) is 0 Å². The first-order valence-corrected chi connectivity index (χ1v) is 5.66. The summed E-state index contributed by atoms with van der Waals surface area (Å²) in [6.45, 7) is 0.508. The molecule has 0 radical (unpaired) electrons. The Morgan fingerprint density at radius 3 is 1.67 bits per heavy atom. The molecule has 0 saturated carbocycles. The minimum atomic E-state index is 0.254. The Hall–Kier alpha value is -0.800. The number of aliphatic hydroxyl groups excluding tert-OH is 2. The monoisotopic (exact) mass is 212 g/mol. The van der Waals surface area contributed by atoms with Gasteiger partial charge >= 0.3 is 0 Å². The van der Waals surface area contributed by atoms with Crippen LogP contribution >= 0.6 is 0 Å². The largest absolute Gasteiger partial charge is 0.466 e. The Kier molecular flexibility index (Phi) is 6.12. The second kappa shape index (κ2) is 7.49. The Morgan fingerprint density at radius 1 is 0.800 bits per heavy atom. The topological polar surface area (TPSA) is 53.6 Å². The van der Waals surface area contributed by atoms with Crippen molar-refractivity contribution in [2.75, 3.05) is 13.2 Å². The van der Waals surface area contributed by atoms with Gasteiger partial charge in [0, 0.05) is 26.1 Å². The van der Waals surface area contributed by atoms with E-state index in [1.54, 1.807) is 0 Å². The molecule has 15 heavy (non-hydrogen) atoms. The molecular weight excluding hydrogens is 192 g/mol. The van der Waals surface area contributed by atoms with Crippen LogP contribution in [0.2, 0.25) is 0 Å². The summed E-state index contributed by atoms with van der Waals surface area (Å²) in [5.41, 5.74) is 0. The smallest absolute Gasteiger partial charge is 0.104 e. The molecule has 0 aliphatic heterocycles. The van der Waals surface area contributed by atoms with Crippen molar-refractivity contribution in [3.63, 3.8) is 0 Å². The van der Waals surface area contributed by atoms with E-state index in [1.165, 1.54) is 0 Å². The van der Waals surface area contributed by atoms with Gasteiger partial charge in [-0.1, -0.05) is 0 Å². The van der Waals surface area contributed by atoms with Gasteiger partial charge in [-0.25, -0.2) is 0 Å². The maximum atomic E-state index is 8.64. The van der Waals surface area contributed by atoms with Crippen LogP contribution in [0.4, 0.5) is 0 Å². The highest BCUT2D eigenvalue weighted by atomic mass is 16.3. The molecule has 1 aromatic rings. The molecule has 0 saturated heterocycles. The summed E-state index contributed by atoms with van der Waals surface area (Å²) in [5.74, 6) is 2.00. The Bertz CT molecular complexity index is 231. The summed E-state index contributed by atoms with van der Waals surface area (Å²) in [5, 5.41) is 17.3. The van der Waals surface area contributed by atoms with Crippen molar-refractivity contribution in [3.8, 4) is 0 Å². The van der Waals surface area contributed by atoms with Gasteiger partial charge in [0.1, 0.15) is 11.5 Å². The summed E-state index contributed by atoms with van der Waals surface area (Å²) in [4.78, 5) is 0. The van der Waals surface area contributed by atoms with Crippen LogP contribution in [0.1, 0.15) is 37.2 Å². The molecule has 1 rings (SSSR count). The number of aliphatic hydroxyl groups is 2. The first-order valence-electron chi connectivity index (χ1n) is 5.66. The Balaban J connectivity index is 2.23. The van der Waals surface area contributed by atoms with Crippen LogP contribution in [0.15, 0.2) is 16.5 Å². The summed E-state index contributed by atoms with van der Waals surface area (Å²) >= 11 is 0. The van der Waals surface area contributed by atoms with Gasteiger partial charge in [-0.05, 0) is 37.8 Å². The van der Waals surface area contributed by atoms with E-state index in [9.17, 15) is 0 Å². The zero-order chi connectivity index (χ0) is 10.9. The molecule has 0 amide bonds. The standard InChI is InChI=1S/C12H20O3/c13-9-3-1-5-11-7-8-12(15-11)6-2-4-10-14/h7-8,13-14H,1-6,9-10H2. The maximum absolute atomic E-state index is 8.64. The highest BCUT2D eigenvalue weighted by Gasteiger charge is 2.01. The number of hydrogen-bond acceptors (Lipinski definition) is 3. The van der Waals surface area contributed by atoms with Crippen LogP contribution in [0.3, 0.4) is 0 Å². The zero-order valence-corrected chi connectivity index (χ0v) is 9.11. The van der Waals surface area contributed by atoms with Gasteiger partial charge in [0.05, 0.1) is 0 Å². The molecule has 0 aliphatic rings. The van der Waals surface area contributed by atoms with E-state index in [-0.39, 0.29) is 13.2 Å². The molecule has 3 nitrogen and oxygen atoms in total. The summed E-state index contributed by atoms with van der Waals surface area (Å²) in [6, 6.07) is 4.01. The molecule has 1 aromatic heterocycles.